The highest BCUT2D eigenvalue weighted by Gasteiger charge is 2.20. The van der Waals surface area contributed by atoms with E-state index in [1.807, 2.05) is 7.05 Å². The molecule has 0 aromatic heterocycles. The third-order valence-corrected chi connectivity index (χ3v) is 4.35. The summed E-state index contributed by atoms with van der Waals surface area (Å²) in [5.74, 6) is 0. The van der Waals surface area contributed by atoms with Gasteiger partial charge in [0.25, 0.3) is 0 Å². The first-order chi connectivity index (χ1) is 9.70. The Labute approximate surface area is 124 Å². The van der Waals surface area contributed by atoms with E-state index in [1.165, 1.54) is 37.2 Å². The first kappa shape index (κ1) is 15.3. The summed E-state index contributed by atoms with van der Waals surface area (Å²) in [4.78, 5) is 5.16. The molecule has 1 aromatic carbocycles. The molecule has 0 amide bonds. The number of nitrogens with one attached hydrogen (secondary N) is 1. The Morgan fingerprint density at radius 2 is 1.95 bits per heavy atom. The van der Waals surface area contributed by atoms with E-state index < -0.39 is 0 Å². The van der Waals surface area contributed by atoms with Crippen molar-refractivity contribution in [3.63, 3.8) is 0 Å². The van der Waals surface area contributed by atoms with Gasteiger partial charge in [0.1, 0.15) is 0 Å². The van der Waals surface area contributed by atoms with Gasteiger partial charge < -0.3 is 10.2 Å². The van der Waals surface area contributed by atoms with E-state index in [0.717, 1.165) is 19.6 Å². The van der Waals surface area contributed by atoms with Crippen molar-refractivity contribution < 1.29 is 0 Å². The summed E-state index contributed by atoms with van der Waals surface area (Å²) >= 11 is 0. The SMILES string of the molecule is CNCCCC(C)N1CCN(c2cccc(C)c2)CC1. The minimum absolute atomic E-state index is 0.711. The number of aryl methyl sites for hydroxylation is 1. The van der Waals surface area contributed by atoms with Crippen LogP contribution in [-0.2, 0) is 0 Å². The van der Waals surface area contributed by atoms with Gasteiger partial charge in [-0.25, -0.2) is 0 Å². The summed E-state index contributed by atoms with van der Waals surface area (Å²) in [7, 11) is 2.03. The zero-order valence-corrected chi connectivity index (χ0v) is 13.2. The molecule has 1 aromatic rings. The fraction of sp³-hybridized carbons (Fsp3) is 0.647. The number of anilines is 1. The van der Waals surface area contributed by atoms with E-state index >= 15 is 0 Å². The van der Waals surface area contributed by atoms with Crippen molar-refractivity contribution in [3.8, 4) is 0 Å². The number of nitrogens with zero attached hydrogens (tertiary/aromatic N) is 2. The van der Waals surface area contributed by atoms with Gasteiger partial charge in [-0.2, -0.15) is 0 Å². The maximum absolute atomic E-state index is 3.23. The van der Waals surface area contributed by atoms with Gasteiger partial charge in [-0.1, -0.05) is 12.1 Å². The minimum atomic E-state index is 0.711. The Morgan fingerprint density at radius 3 is 2.60 bits per heavy atom. The van der Waals surface area contributed by atoms with E-state index in [1.54, 1.807) is 0 Å². The molecule has 0 spiro atoms. The number of hydrogen-bond acceptors (Lipinski definition) is 3. The normalized spacial score (nSPS) is 18.2. The molecule has 1 fully saturated rings. The van der Waals surface area contributed by atoms with Crippen molar-refractivity contribution in [3.05, 3.63) is 29.8 Å². The van der Waals surface area contributed by atoms with E-state index in [2.05, 4.69) is 53.2 Å². The van der Waals surface area contributed by atoms with E-state index in [9.17, 15) is 0 Å². The second kappa shape index (κ2) is 7.65. The quantitative estimate of drug-likeness (QED) is 0.805. The molecular weight excluding hydrogens is 246 g/mol. The van der Waals surface area contributed by atoms with Crippen molar-refractivity contribution in [1.82, 2.24) is 10.2 Å². The van der Waals surface area contributed by atoms with Crippen LogP contribution >= 0.6 is 0 Å². The van der Waals surface area contributed by atoms with Crippen LogP contribution < -0.4 is 10.2 Å². The predicted octanol–water partition coefficient (Wildman–Crippen LogP) is 2.51. The molecule has 1 aliphatic rings. The molecule has 0 radical (unpaired) electrons. The lowest BCUT2D eigenvalue weighted by atomic mass is 10.1. The van der Waals surface area contributed by atoms with Crippen LogP contribution in [0.25, 0.3) is 0 Å². The molecule has 1 heterocycles. The average molecular weight is 275 g/mol. The third kappa shape index (κ3) is 4.22. The molecule has 1 unspecified atom stereocenters. The molecule has 1 saturated heterocycles. The van der Waals surface area contributed by atoms with E-state index in [4.69, 9.17) is 0 Å². The van der Waals surface area contributed by atoms with Crippen LogP contribution in [0.2, 0.25) is 0 Å². The summed E-state index contributed by atoms with van der Waals surface area (Å²) in [6, 6.07) is 9.58. The maximum atomic E-state index is 3.23. The lowest BCUT2D eigenvalue weighted by molar-refractivity contribution is 0.186. The van der Waals surface area contributed by atoms with Crippen molar-refractivity contribution in [2.45, 2.75) is 32.7 Å². The van der Waals surface area contributed by atoms with Gasteiger partial charge in [-0.05, 0) is 58.0 Å². The Morgan fingerprint density at radius 1 is 1.20 bits per heavy atom. The lowest BCUT2D eigenvalue weighted by Crippen LogP contribution is -2.49. The Kier molecular flexibility index (Phi) is 5.86. The highest BCUT2D eigenvalue weighted by Crippen LogP contribution is 2.19. The zero-order valence-electron chi connectivity index (χ0n) is 13.2. The van der Waals surface area contributed by atoms with Gasteiger partial charge in [0.15, 0.2) is 0 Å². The highest BCUT2D eigenvalue weighted by molar-refractivity contribution is 5.48. The number of rotatable bonds is 6. The first-order valence-corrected chi connectivity index (χ1v) is 7.91. The third-order valence-electron chi connectivity index (χ3n) is 4.35. The molecule has 1 atom stereocenters. The molecule has 112 valence electrons. The standard InChI is InChI=1S/C17H29N3/c1-15-6-4-8-17(14-15)20-12-10-19(11-13-20)16(2)7-5-9-18-3/h4,6,8,14,16,18H,5,7,9-13H2,1-3H3. The van der Waals surface area contributed by atoms with Gasteiger partial charge in [0.05, 0.1) is 0 Å². The Bertz CT molecular complexity index is 397. The Hall–Kier alpha value is -1.06. The lowest BCUT2D eigenvalue weighted by Gasteiger charge is -2.39. The first-order valence-electron chi connectivity index (χ1n) is 7.91. The van der Waals surface area contributed by atoms with Crippen molar-refractivity contribution in [1.29, 1.82) is 0 Å². The molecule has 0 bridgehead atoms. The number of benzene rings is 1. The molecule has 3 heteroatoms. The molecule has 20 heavy (non-hydrogen) atoms. The minimum Gasteiger partial charge on any atom is -0.369 e. The highest BCUT2D eigenvalue weighted by atomic mass is 15.3. The van der Waals surface area contributed by atoms with Crippen LogP contribution in [0.3, 0.4) is 0 Å². The maximum Gasteiger partial charge on any atom is 0.0369 e. The number of hydrogen-bond donors (Lipinski definition) is 1. The fourth-order valence-corrected chi connectivity index (χ4v) is 3.00. The smallest absolute Gasteiger partial charge is 0.0369 e. The van der Waals surface area contributed by atoms with Crippen LogP contribution in [0, 0.1) is 6.92 Å². The summed E-state index contributed by atoms with van der Waals surface area (Å²) in [5.41, 5.74) is 2.73. The van der Waals surface area contributed by atoms with E-state index in [0.29, 0.717) is 6.04 Å². The van der Waals surface area contributed by atoms with Gasteiger partial charge in [0.2, 0.25) is 0 Å². The molecule has 1 aliphatic heterocycles. The zero-order chi connectivity index (χ0) is 14.4. The second-order valence-electron chi connectivity index (χ2n) is 5.96. The summed E-state index contributed by atoms with van der Waals surface area (Å²) in [6.07, 6.45) is 2.57. The molecule has 2 rings (SSSR count). The van der Waals surface area contributed by atoms with Crippen molar-refractivity contribution in [2.75, 3.05) is 44.7 Å². The molecule has 0 aliphatic carbocycles. The van der Waals surface area contributed by atoms with Gasteiger partial charge in [-0.15, -0.1) is 0 Å². The van der Waals surface area contributed by atoms with E-state index in [-0.39, 0.29) is 0 Å². The predicted molar refractivity (Wildman–Crippen MR) is 87.6 cm³/mol. The van der Waals surface area contributed by atoms with Crippen LogP contribution in [0.15, 0.2) is 24.3 Å². The van der Waals surface area contributed by atoms with Crippen LogP contribution in [-0.4, -0.2) is 50.7 Å². The molecule has 3 nitrogen and oxygen atoms in total. The monoisotopic (exact) mass is 275 g/mol. The molecule has 0 saturated carbocycles. The summed E-state index contributed by atoms with van der Waals surface area (Å²) < 4.78 is 0. The largest absolute Gasteiger partial charge is 0.369 e. The van der Waals surface area contributed by atoms with Gasteiger partial charge in [-0.3, -0.25) is 4.90 Å². The van der Waals surface area contributed by atoms with Crippen LogP contribution in [0.5, 0.6) is 0 Å². The molecular formula is C17H29N3. The van der Waals surface area contributed by atoms with Crippen molar-refractivity contribution >= 4 is 5.69 Å². The second-order valence-corrected chi connectivity index (χ2v) is 5.96. The summed E-state index contributed by atoms with van der Waals surface area (Å²) in [5, 5.41) is 3.23. The Balaban J connectivity index is 1.80. The van der Waals surface area contributed by atoms with Crippen LogP contribution in [0.4, 0.5) is 5.69 Å². The van der Waals surface area contributed by atoms with Crippen molar-refractivity contribution in [2.24, 2.45) is 0 Å². The van der Waals surface area contributed by atoms with Gasteiger partial charge in [0, 0.05) is 37.9 Å². The molecule has 1 N–H and O–H groups in total. The fourth-order valence-electron chi connectivity index (χ4n) is 3.00. The van der Waals surface area contributed by atoms with Gasteiger partial charge >= 0.3 is 0 Å². The topological polar surface area (TPSA) is 18.5 Å². The van der Waals surface area contributed by atoms with Crippen LogP contribution in [0.1, 0.15) is 25.3 Å². The average Bonchev–Trinajstić information content (AvgIpc) is 2.47. The number of piperazine rings is 1. The summed E-state index contributed by atoms with van der Waals surface area (Å²) in [6.45, 7) is 10.4.